The molecule has 2 heteroatoms. The number of carbonyl (C=O) groups is 1. The largest absolute Gasteiger partial charge is 0.355 e. The minimum Gasteiger partial charge on any atom is -0.355 e. The van der Waals surface area contributed by atoms with Gasteiger partial charge in [-0.05, 0) is 48.1 Å². The second kappa shape index (κ2) is 7.43. The van der Waals surface area contributed by atoms with Gasteiger partial charge in [0.2, 0.25) is 5.91 Å². The monoisotopic (exact) mass is 333 g/mol. The van der Waals surface area contributed by atoms with Crippen molar-refractivity contribution in [1.29, 1.82) is 0 Å². The highest BCUT2D eigenvalue weighted by molar-refractivity contribution is 5.76. The molecule has 0 aromatic heterocycles. The van der Waals surface area contributed by atoms with Crippen LogP contribution in [0.5, 0.6) is 0 Å². The Kier molecular flexibility index (Phi) is 4.87. The molecule has 2 aliphatic carbocycles. The second-order valence-corrected chi connectivity index (χ2v) is 7.82. The molecule has 2 aromatic carbocycles. The van der Waals surface area contributed by atoms with Gasteiger partial charge in [0.05, 0.1) is 0 Å². The lowest BCUT2D eigenvalue weighted by Gasteiger charge is -2.22. The van der Waals surface area contributed by atoms with Crippen LogP contribution in [0.15, 0.2) is 60.7 Å². The van der Waals surface area contributed by atoms with E-state index in [-0.39, 0.29) is 11.8 Å². The molecule has 0 heterocycles. The van der Waals surface area contributed by atoms with Crippen molar-refractivity contribution < 1.29 is 4.79 Å². The van der Waals surface area contributed by atoms with E-state index in [1.165, 1.54) is 36.8 Å². The zero-order valence-electron chi connectivity index (χ0n) is 14.7. The van der Waals surface area contributed by atoms with Crippen molar-refractivity contribution in [3.63, 3.8) is 0 Å². The third kappa shape index (κ3) is 3.78. The normalized spacial score (nSPS) is 24.6. The highest BCUT2D eigenvalue weighted by Gasteiger charge is 2.40. The Hall–Kier alpha value is -2.09. The third-order valence-electron chi connectivity index (χ3n) is 6.24. The fraction of sp³-hybridized carbons (Fsp3) is 0.435. The molecule has 2 aliphatic rings. The summed E-state index contributed by atoms with van der Waals surface area (Å²) in [7, 11) is 0. The van der Waals surface area contributed by atoms with Crippen LogP contribution in [0.1, 0.15) is 49.1 Å². The van der Waals surface area contributed by atoms with Gasteiger partial charge in [0, 0.05) is 18.9 Å². The first-order valence-electron chi connectivity index (χ1n) is 9.66. The number of benzene rings is 2. The standard InChI is InChI=1S/C23H27NO/c25-23(15-21-14-17-11-12-20(21)13-17)24-16-22(18-7-3-1-4-8-18)19-9-5-2-6-10-19/h1-10,17,20-22H,11-16H2,(H,24,25). The van der Waals surface area contributed by atoms with Crippen LogP contribution in [-0.2, 0) is 4.79 Å². The Labute approximate surface area is 150 Å². The lowest BCUT2D eigenvalue weighted by molar-refractivity contribution is -0.122. The molecule has 3 unspecified atom stereocenters. The molecule has 2 aromatic rings. The predicted molar refractivity (Wildman–Crippen MR) is 101 cm³/mol. The summed E-state index contributed by atoms with van der Waals surface area (Å²) >= 11 is 0. The smallest absolute Gasteiger partial charge is 0.220 e. The molecule has 0 aliphatic heterocycles. The van der Waals surface area contributed by atoms with Crippen molar-refractivity contribution in [3.05, 3.63) is 71.8 Å². The van der Waals surface area contributed by atoms with Crippen molar-refractivity contribution >= 4 is 5.91 Å². The summed E-state index contributed by atoms with van der Waals surface area (Å²) in [4.78, 5) is 12.5. The molecular weight excluding hydrogens is 306 g/mol. The van der Waals surface area contributed by atoms with Crippen LogP contribution in [0, 0.1) is 17.8 Å². The Balaban J connectivity index is 1.40. The van der Waals surface area contributed by atoms with E-state index >= 15 is 0 Å². The summed E-state index contributed by atoms with van der Waals surface area (Å²) in [6.45, 7) is 0.674. The van der Waals surface area contributed by atoms with Gasteiger partial charge in [-0.3, -0.25) is 4.79 Å². The molecule has 0 saturated heterocycles. The fourth-order valence-corrected chi connectivity index (χ4v) is 4.95. The molecule has 0 radical (unpaired) electrons. The van der Waals surface area contributed by atoms with Gasteiger partial charge in [0.1, 0.15) is 0 Å². The zero-order chi connectivity index (χ0) is 17.1. The Bertz CT molecular complexity index is 657. The summed E-state index contributed by atoms with van der Waals surface area (Å²) < 4.78 is 0. The molecule has 1 amide bonds. The minimum atomic E-state index is 0.214. The van der Waals surface area contributed by atoms with Crippen molar-refractivity contribution in [3.8, 4) is 0 Å². The maximum Gasteiger partial charge on any atom is 0.220 e. The number of amides is 1. The van der Waals surface area contributed by atoms with Crippen LogP contribution in [0.4, 0.5) is 0 Å². The molecule has 2 fully saturated rings. The van der Waals surface area contributed by atoms with Gasteiger partial charge in [-0.1, -0.05) is 67.1 Å². The molecule has 25 heavy (non-hydrogen) atoms. The maximum atomic E-state index is 12.5. The number of hydrogen-bond donors (Lipinski definition) is 1. The molecule has 2 nitrogen and oxygen atoms in total. The number of nitrogens with one attached hydrogen (secondary N) is 1. The topological polar surface area (TPSA) is 29.1 Å². The van der Waals surface area contributed by atoms with E-state index in [4.69, 9.17) is 0 Å². The Morgan fingerprint density at radius 3 is 2.08 bits per heavy atom. The molecule has 4 rings (SSSR count). The van der Waals surface area contributed by atoms with Gasteiger partial charge in [0.15, 0.2) is 0 Å². The molecule has 2 bridgehead atoms. The second-order valence-electron chi connectivity index (χ2n) is 7.82. The van der Waals surface area contributed by atoms with E-state index in [0.29, 0.717) is 12.5 Å². The molecule has 2 saturated carbocycles. The number of rotatable bonds is 6. The van der Waals surface area contributed by atoms with E-state index in [9.17, 15) is 4.79 Å². The Morgan fingerprint density at radius 1 is 0.920 bits per heavy atom. The molecule has 130 valence electrons. The molecular formula is C23H27NO. The summed E-state index contributed by atoms with van der Waals surface area (Å²) in [5, 5.41) is 3.23. The third-order valence-corrected chi connectivity index (χ3v) is 6.24. The lowest BCUT2D eigenvalue weighted by atomic mass is 9.86. The average molecular weight is 333 g/mol. The van der Waals surface area contributed by atoms with Gasteiger partial charge in [0.25, 0.3) is 0 Å². The van der Waals surface area contributed by atoms with Gasteiger partial charge >= 0.3 is 0 Å². The summed E-state index contributed by atoms with van der Waals surface area (Å²) in [5.74, 6) is 2.80. The van der Waals surface area contributed by atoms with Crippen LogP contribution in [0.3, 0.4) is 0 Å². The van der Waals surface area contributed by atoms with Crippen molar-refractivity contribution in [2.24, 2.45) is 17.8 Å². The van der Waals surface area contributed by atoms with Gasteiger partial charge < -0.3 is 5.32 Å². The first-order chi connectivity index (χ1) is 12.3. The first kappa shape index (κ1) is 16.4. The van der Waals surface area contributed by atoms with Crippen molar-refractivity contribution in [1.82, 2.24) is 5.32 Å². The van der Waals surface area contributed by atoms with E-state index in [0.717, 1.165) is 18.3 Å². The highest BCUT2D eigenvalue weighted by atomic mass is 16.1. The maximum absolute atomic E-state index is 12.5. The summed E-state index contributed by atoms with van der Waals surface area (Å²) in [5.41, 5.74) is 2.52. The van der Waals surface area contributed by atoms with E-state index < -0.39 is 0 Å². The molecule has 1 N–H and O–H groups in total. The van der Waals surface area contributed by atoms with Crippen LogP contribution >= 0.6 is 0 Å². The van der Waals surface area contributed by atoms with Gasteiger partial charge in [-0.2, -0.15) is 0 Å². The summed E-state index contributed by atoms with van der Waals surface area (Å²) in [6.07, 6.45) is 6.11. The van der Waals surface area contributed by atoms with Crippen molar-refractivity contribution in [2.45, 2.75) is 38.0 Å². The number of hydrogen-bond acceptors (Lipinski definition) is 1. The predicted octanol–water partition coefficient (Wildman–Crippen LogP) is 4.76. The fourth-order valence-electron chi connectivity index (χ4n) is 4.95. The van der Waals surface area contributed by atoms with Crippen LogP contribution in [0.2, 0.25) is 0 Å². The van der Waals surface area contributed by atoms with Crippen LogP contribution < -0.4 is 5.32 Å². The van der Waals surface area contributed by atoms with Gasteiger partial charge in [-0.25, -0.2) is 0 Å². The first-order valence-corrected chi connectivity index (χ1v) is 9.66. The van der Waals surface area contributed by atoms with Gasteiger partial charge in [-0.15, -0.1) is 0 Å². The van der Waals surface area contributed by atoms with E-state index in [2.05, 4.69) is 53.8 Å². The SMILES string of the molecule is O=C(CC1CC2CCC1C2)NCC(c1ccccc1)c1ccccc1. The van der Waals surface area contributed by atoms with Crippen LogP contribution in [0.25, 0.3) is 0 Å². The van der Waals surface area contributed by atoms with Crippen molar-refractivity contribution in [2.75, 3.05) is 6.54 Å². The minimum absolute atomic E-state index is 0.214. The highest BCUT2D eigenvalue weighted by Crippen LogP contribution is 2.49. The van der Waals surface area contributed by atoms with Crippen LogP contribution in [-0.4, -0.2) is 12.5 Å². The Morgan fingerprint density at radius 2 is 1.56 bits per heavy atom. The zero-order valence-corrected chi connectivity index (χ0v) is 14.7. The molecule has 0 spiro atoms. The lowest BCUT2D eigenvalue weighted by Crippen LogP contribution is -2.31. The van der Waals surface area contributed by atoms with E-state index in [1.54, 1.807) is 0 Å². The number of fused-ring (bicyclic) bond motifs is 2. The molecule has 3 atom stereocenters. The average Bonchev–Trinajstić information content (AvgIpc) is 3.27. The number of carbonyl (C=O) groups excluding carboxylic acids is 1. The quantitative estimate of drug-likeness (QED) is 0.811. The van der Waals surface area contributed by atoms with E-state index in [1.807, 2.05) is 12.1 Å². The summed E-state index contributed by atoms with van der Waals surface area (Å²) in [6, 6.07) is 21.0.